The van der Waals surface area contributed by atoms with Crippen LogP contribution < -0.4 is 0 Å². The molecule has 0 fully saturated rings. The van der Waals surface area contributed by atoms with Crippen LogP contribution in [0.5, 0.6) is 0 Å². The summed E-state index contributed by atoms with van der Waals surface area (Å²) < 4.78 is 10.1. The molecule has 0 unspecified atom stereocenters. The molecule has 128 valence electrons. The van der Waals surface area contributed by atoms with Gasteiger partial charge in [0.1, 0.15) is 6.54 Å². The van der Waals surface area contributed by atoms with E-state index in [0.717, 1.165) is 23.3 Å². The highest BCUT2D eigenvalue weighted by atomic mass is 32.1. The number of fused-ring (bicyclic) bond motifs is 1. The first-order valence-electron chi connectivity index (χ1n) is 7.78. The number of thiophene rings is 1. The minimum atomic E-state index is -0.0638. The zero-order valence-corrected chi connectivity index (χ0v) is 14.6. The Kier molecular flexibility index (Phi) is 7.01. The lowest BCUT2D eigenvalue weighted by molar-refractivity contribution is -0.133. The van der Waals surface area contributed by atoms with E-state index in [0.29, 0.717) is 32.8 Å². The number of amides is 2. The fraction of sp³-hybridized carbons (Fsp3) is 0.625. The van der Waals surface area contributed by atoms with Crippen LogP contribution in [0.4, 0.5) is 0 Å². The molecule has 2 amide bonds. The zero-order chi connectivity index (χ0) is 16.7. The van der Waals surface area contributed by atoms with Crippen molar-refractivity contribution in [2.75, 3.05) is 53.6 Å². The summed E-state index contributed by atoms with van der Waals surface area (Å²) >= 11 is 1.62. The van der Waals surface area contributed by atoms with Crippen LogP contribution in [-0.2, 0) is 20.7 Å². The lowest BCUT2D eigenvalue weighted by Gasteiger charge is -2.26. The number of rotatable bonds is 8. The number of ether oxygens (including phenoxy) is 2. The summed E-state index contributed by atoms with van der Waals surface area (Å²) in [4.78, 5) is 29.6. The lowest BCUT2D eigenvalue weighted by atomic mass is 10.2. The number of methoxy groups -OCH3 is 2. The Morgan fingerprint density at radius 1 is 1.30 bits per heavy atom. The first kappa shape index (κ1) is 17.9. The maximum absolute atomic E-state index is 12.6. The van der Waals surface area contributed by atoms with Crippen LogP contribution in [-0.4, -0.2) is 75.2 Å². The molecule has 0 radical (unpaired) electrons. The molecule has 23 heavy (non-hydrogen) atoms. The summed E-state index contributed by atoms with van der Waals surface area (Å²) in [5.74, 6) is -0.100. The average Bonchev–Trinajstić information content (AvgIpc) is 2.96. The van der Waals surface area contributed by atoms with Gasteiger partial charge in [0, 0.05) is 38.7 Å². The van der Waals surface area contributed by atoms with Gasteiger partial charge in [-0.05, 0) is 24.3 Å². The number of hydrogen-bond acceptors (Lipinski definition) is 5. The van der Waals surface area contributed by atoms with Gasteiger partial charge >= 0.3 is 0 Å². The highest BCUT2D eigenvalue weighted by molar-refractivity contribution is 7.10. The normalized spacial score (nSPS) is 14.5. The van der Waals surface area contributed by atoms with Crippen molar-refractivity contribution in [2.45, 2.75) is 12.8 Å². The van der Waals surface area contributed by atoms with E-state index >= 15 is 0 Å². The van der Waals surface area contributed by atoms with Gasteiger partial charge in [-0.2, -0.15) is 0 Å². The smallest absolute Gasteiger partial charge is 0.255 e. The number of aryl methyl sites for hydroxylation is 1. The number of carbonyl (C=O) groups excluding carboxylic acids is 2. The van der Waals surface area contributed by atoms with Crippen molar-refractivity contribution >= 4 is 23.2 Å². The molecular formula is C16H24N2O4S. The van der Waals surface area contributed by atoms with Gasteiger partial charge in [0.25, 0.3) is 5.91 Å². The predicted octanol–water partition coefficient (Wildman–Crippen LogP) is 1.26. The lowest BCUT2D eigenvalue weighted by Crippen LogP contribution is -2.45. The highest BCUT2D eigenvalue weighted by Crippen LogP contribution is 2.23. The van der Waals surface area contributed by atoms with E-state index in [9.17, 15) is 9.59 Å². The summed E-state index contributed by atoms with van der Waals surface area (Å²) in [6.45, 7) is 2.68. The molecule has 0 bridgehead atoms. The van der Waals surface area contributed by atoms with Crippen LogP contribution in [0.2, 0.25) is 0 Å². The minimum Gasteiger partial charge on any atom is -0.383 e. The SMILES string of the molecule is COCCN(CCOC)C(=O)CN1CCCc2sccc2C1=O. The Labute approximate surface area is 141 Å². The molecule has 0 saturated carbocycles. The van der Waals surface area contributed by atoms with E-state index in [4.69, 9.17) is 9.47 Å². The van der Waals surface area contributed by atoms with Crippen molar-refractivity contribution in [3.05, 3.63) is 21.9 Å². The summed E-state index contributed by atoms with van der Waals surface area (Å²) in [5, 5.41) is 1.94. The summed E-state index contributed by atoms with van der Waals surface area (Å²) in [7, 11) is 3.21. The van der Waals surface area contributed by atoms with Crippen LogP contribution in [0.15, 0.2) is 11.4 Å². The molecule has 2 rings (SSSR count). The Morgan fingerprint density at radius 2 is 2.00 bits per heavy atom. The fourth-order valence-corrected chi connectivity index (χ4v) is 3.52. The molecule has 1 aromatic rings. The summed E-state index contributed by atoms with van der Waals surface area (Å²) in [5.41, 5.74) is 0.751. The van der Waals surface area contributed by atoms with Gasteiger partial charge in [-0.15, -0.1) is 11.3 Å². The molecule has 2 heterocycles. The van der Waals surface area contributed by atoms with Crippen molar-refractivity contribution in [3.63, 3.8) is 0 Å². The van der Waals surface area contributed by atoms with Crippen LogP contribution in [0.3, 0.4) is 0 Å². The van der Waals surface area contributed by atoms with Gasteiger partial charge in [0.2, 0.25) is 5.91 Å². The van der Waals surface area contributed by atoms with E-state index < -0.39 is 0 Å². The van der Waals surface area contributed by atoms with Crippen LogP contribution in [0.25, 0.3) is 0 Å². The molecular weight excluding hydrogens is 316 g/mol. The van der Waals surface area contributed by atoms with E-state index in [1.54, 1.807) is 35.4 Å². The van der Waals surface area contributed by atoms with Gasteiger partial charge < -0.3 is 19.3 Å². The molecule has 0 atom stereocenters. The third-order valence-corrected chi connectivity index (χ3v) is 4.89. The van der Waals surface area contributed by atoms with Crippen molar-refractivity contribution in [3.8, 4) is 0 Å². The summed E-state index contributed by atoms with van der Waals surface area (Å²) in [6, 6.07) is 1.86. The van der Waals surface area contributed by atoms with Crippen molar-refractivity contribution in [1.29, 1.82) is 0 Å². The maximum atomic E-state index is 12.6. The Bertz CT molecular complexity index is 524. The van der Waals surface area contributed by atoms with Crippen LogP contribution in [0, 0.1) is 0 Å². The van der Waals surface area contributed by atoms with Crippen LogP contribution >= 0.6 is 11.3 Å². The largest absolute Gasteiger partial charge is 0.383 e. The van der Waals surface area contributed by atoms with Gasteiger partial charge in [-0.25, -0.2) is 0 Å². The van der Waals surface area contributed by atoms with Gasteiger partial charge in [0.15, 0.2) is 0 Å². The van der Waals surface area contributed by atoms with Crippen molar-refractivity contribution in [1.82, 2.24) is 9.80 Å². The fourth-order valence-electron chi connectivity index (χ4n) is 2.61. The van der Waals surface area contributed by atoms with Crippen LogP contribution in [0.1, 0.15) is 21.7 Å². The standard InChI is InChI=1S/C16H24N2O4S/c1-21-9-7-17(8-10-22-2)15(19)12-18-6-3-4-14-13(16(18)20)5-11-23-14/h5,11H,3-4,6-10,12H2,1-2H3. The molecule has 1 aliphatic rings. The topological polar surface area (TPSA) is 59.1 Å². The van der Waals surface area contributed by atoms with Crippen molar-refractivity contribution < 1.29 is 19.1 Å². The third-order valence-electron chi connectivity index (χ3n) is 3.90. The average molecular weight is 340 g/mol. The number of carbonyl (C=O) groups is 2. The van der Waals surface area contributed by atoms with E-state index in [1.807, 2.05) is 11.4 Å². The molecule has 7 heteroatoms. The molecule has 0 N–H and O–H groups in total. The summed E-state index contributed by atoms with van der Waals surface area (Å²) in [6.07, 6.45) is 1.79. The maximum Gasteiger partial charge on any atom is 0.255 e. The number of hydrogen-bond donors (Lipinski definition) is 0. The monoisotopic (exact) mass is 340 g/mol. The third kappa shape index (κ3) is 4.76. The quantitative estimate of drug-likeness (QED) is 0.715. The first-order valence-corrected chi connectivity index (χ1v) is 8.66. The second-order valence-corrected chi connectivity index (χ2v) is 6.45. The second-order valence-electron chi connectivity index (χ2n) is 5.45. The van der Waals surface area contributed by atoms with Gasteiger partial charge in [0.05, 0.1) is 18.8 Å². The minimum absolute atomic E-state index is 0.0365. The molecule has 0 aliphatic carbocycles. The molecule has 6 nitrogen and oxygen atoms in total. The molecule has 0 saturated heterocycles. The van der Waals surface area contributed by atoms with Gasteiger partial charge in [-0.1, -0.05) is 0 Å². The highest BCUT2D eigenvalue weighted by Gasteiger charge is 2.26. The Morgan fingerprint density at radius 3 is 2.65 bits per heavy atom. The Hall–Kier alpha value is -1.44. The van der Waals surface area contributed by atoms with E-state index in [2.05, 4.69) is 0 Å². The second kappa shape index (κ2) is 9.00. The molecule has 1 aliphatic heterocycles. The number of nitrogens with zero attached hydrogens (tertiary/aromatic N) is 2. The van der Waals surface area contributed by atoms with E-state index in [-0.39, 0.29) is 18.4 Å². The molecule has 0 aromatic carbocycles. The van der Waals surface area contributed by atoms with E-state index in [1.165, 1.54) is 0 Å². The van der Waals surface area contributed by atoms with Gasteiger partial charge in [-0.3, -0.25) is 9.59 Å². The molecule has 1 aromatic heterocycles. The Balaban J connectivity index is 2.00. The predicted molar refractivity (Wildman–Crippen MR) is 88.9 cm³/mol. The zero-order valence-electron chi connectivity index (χ0n) is 13.7. The molecule has 0 spiro atoms. The first-order chi connectivity index (χ1) is 11.2. The van der Waals surface area contributed by atoms with Crippen molar-refractivity contribution in [2.24, 2.45) is 0 Å².